The number of fused-ring (bicyclic) bond motifs is 1. The third kappa shape index (κ3) is 1.99. The number of ketones is 1. The fraction of sp³-hybridized carbons (Fsp3) is 0.455. The monoisotopic (exact) mass is 245 g/mol. The van der Waals surface area contributed by atoms with E-state index in [-0.39, 0.29) is 17.7 Å². The Balaban J connectivity index is 2.52. The number of aromatic nitrogens is 1. The number of nitrogens with zero attached hydrogens (tertiary/aromatic N) is 1. The molecule has 6 heteroatoms. The molecule has 1 aromatic rings. The number of halogens is 3. The van der Waals surface area contributed by atoms with Gasteiger partial charge in [-0.3, -0.25) is 9.59 Å². The normalized spacial score (nSPS) is 20.2. The first-order valence-electron chi connectivity index (χ1n) is 5.09. The molecule has 0 unspecified atom stereocenters. The molecule has 0 radical (unpaired) electrons. The second kappa shape index (κ2) is 3.72. The lowest BCUT2D eigenvalue weighted by Gasteiger charge is -2.26. The molecule has 3 nitrogen and oxygen atoms in total. The molecule has 1 atom stereocenters. The summed E-state index contributed by atoms with van der Waals surface area (Å²) in [7, 11) is 1.38. The Labute approximate surface area is 94.9 Å². The summed E-state index contributed by atoms with van der Waals surface area (Å²) in [6, 6.07) is 2.51. The number of pyridine rings is 1. The van der Waals surface area contributed by atoms with E-state index in [1.54, 1.807) is 0 Å². The van der Waals surface area contributed by atoms with Gasteiger partial charge in [-0.15, -0.1) is 0 Å². The van der Waals surface area contributed by atoms with E-state index in [2.05, 4.69) is 0 Å². The van der Waals surface area contributed by atoms with E-state index in [9.17, 15) is 22.8 Å². The Kier molecular flexibility index (Phi) is 2.60. The van der Waals surface area contributed by atoms with Crippen molar-refractivity contribution in [2.75, 3.05) is 0 Å². The van der Waals surface area contributed by atoms with Gasteiger partial charge >= 0.3 is 6.18 Å². The van der Waals surface area contributed by atoms with E-state index in [0.29, 0.717) is 0 Å². The van der Waals surface area contributed by atoms with Crippen LogP contribution in [0.5, 0.6) is 0 Å². The summed E-state index contributed by atoms with van der Waals surface area (Å²) in [6.45, 7) is 0. The van der Waals surface area contributed by atoms with Crippen LogP contribution in [0.15, 0.2) is 16.9 Å². The van der Waals surface area contributed by atoms with Gasteiger partial charge in [0.05, 0.1) is 5.92 Å². The van der Waals surface area contributed by atoms with Crippen molar-refractivity contribution in [2.24, 2.45) is 13.0 Å². The van der Waals surface area contributed by atoms with Crippen LogP contribution in [0.3, 0.4) is 0 Å². The summed E-state index contributed by atoms with van der Waals surface area (Å²) in [5.41, 5.74) is 0.00282. The molecule has 2 rings (SSSR count). The lowest BCUT2D eigenvalue weighted by Crippen LogP contribution is -2.35. The van der Waals surface area contributed by atoms with Crippen molar-refractivity contribution in [2.45, 2.75) is 19.0 Å². The van der Waals surface area contributed by atoms with E-state index in [0.717, 1.165) is 4.57 Å². The van der Waals surface area contributed by atoms with Crippen LogP contribution >= 0.6 is 0 Å². The molecule has 0 fully saturated rings. The molecule has 0 saturated heterocycles. The Morgan fingerprint density at radius 3 is 2.47 bits per heavy atom. The highest BCUT2D eigenvalue weighted by molar-refractivity contribution is 5.98. The lowest BCUT2D eigenvalue weighted by atomic mass is 9.85. The van der Waals surface area contributed by atoms with E-state index < -0.39 is 29.9 Å². The Morgan fingerprint density at radius 1 is 1.24 bits per heavy atom. The summed E-state index contributed by atoms with van der Waals surface area (Å²) in [4.78, 5) is 22.9. The molecule has 1 heterocycles. The molecule has 0 saturated carbocycles. The second-order valence-corrected chi connectivity index (χ2v) is 4.16. The minimum atomic E-state index is -4.40. The van der Waals surface area contributed by atoms with Crippen molar-refractivity contribution >= 4 is 5.78 Å². The lowest BCUT2D eigenvalue weighted by molar-refractivity contribution is -0.174. The molecule has 0 spiro atoms. The molecule has 0 amide bonds. The molecule has 92 valence electrons. The fourth-order valence-electron chi connectivity index (χ4n) is 2.05. The van der Waals surface area contributed by atoms with Crippen LogP contribution in [0.4, 0.5) is 13.2 Å². The van der Waals surface area contributed by atoms with E-state index >= 15 is 0 Å². The van der Waals surface area contributed by atoms with Crippen molar-refractivity contribution in [1.82, 2.24) is 4.57 Å². The molecule has 1 aliphatic carbocycles. The Hall–Kier alpha value is -1.59. The van der Waals surface area contributed by atoms with Crippen molar-refractivity contribution in [3.8, 4) is 0 Å². The fourth-order valence-corrected chi connectivity index (χ4v) is 2.05. The first-order chi connectivity index (χ1) is 7.80. The van der Waals surface area contributed by atoms with Gasteiger partial charge in [0.15, 0.2) is 5.78 Å². The molecule has 0 bridgehead atoms. The van der Waals surface area contributed by atoms with Crippen LogP contribution in [0.1, 0.15) is 22.5 Å². The van der Waals surface area contributed by atoms with Crippen LogP contribution in [0.25, 0.3) is 0 Å². The maximum atomic E-state index is 12.6. The van der Waals surface area contributed by atoms with Gasteiger partial charge < -0.3 is 4.57 Å². The minimum absolute atomic E-state index is 0.177. The maximum Gasteiger partial charge on any atom is 0.392 e. The average Bonchev–Trinajstić information content (AvgIpc) is 2.22. The standard InChI is InChI=1S/C11H10F3NO2/c1-15-8-4-6(11(12,13)14)5-9(16)7(8)2-3-10(15)17/h2-3,6H,4-5H2,1H3/t6-/m1/s1. The van der Waals surface area contributed by atoms with Gasteiger partial charge in [-0.2, -0.15) is 13.2 Å². The van der Waals surface area contributed by atoms with Gasteiger partial charge in [0.1, 0.15) is 0 Å². The SMILES string of the molecule is Cn1c2c(ccc1=O)C(=O)C[C@H](C(F)(F)F)C2. The average molecular weight is 245 g/mol. The molecular weight excluding hydrogens is 235 g/mol. The van der Waals surface area contributed by atoms with E-state index in [1.165, 1.54) is 19.2 Å². The summed E-state index contributed by atoms with van der Waals surface area (Å²) in [5.74, 6) is -2.24. The van der Waals surface area contributed by atoms with Crippen LogP contribution in [0, 0.1) is 5.92 Å². The number of carbonyl (C=O) groups excluding carboxylic acids is 1. The van der Waals surface area contributed by atoms with Gasteiger partial charge in [-0.25, -0.2) is 0 Å². The van der Waals surface area contributed by atoms with Crippen molar-refractivity contribution in [1.29, 1.82) is 0 Å². The molecule has 17 heavy (non-hydrogen) atoms. The third-order valence-corrected chi connectivity index (χ3v) is 3.07. The van der Waals surface area contributed by atoms with E-state index in [1.807, 2.05) is 0 Å². The highest BCUT2D eigenvalue weighted by Gasteiger charge is 2.44. The first-order valence-corrected chi connectivity index (χ1v) is 5.09. The molecule has 1 aromatic heterocycles. The smallest absolute Gasteiger partial charge is 0.315 e. The zero-order valence-electron chi connectivity index (χ0n) is 9.04. The highest BCUT2D eigenvalue weighted by Crippen LogP contribution is 2.36. The molecule has 1 aliphatic rings. The first kappa shape index (κ1) is 11.9. The van der Waals surface area contributed by atoms with Gasteiger partial charge in [-0.05, 0) is 6.07 Å². The summed E-state index contributed by atoms with van der Waals surface area (Å²) in [5, 5.41) is 0. The van der Waals surface area contributed by atoms with Crippen LogP contribution in [0.2, 0.25) is 0 Å². The summed E-state index contributed by atoms with van der Waals surface area (Å²) in [6.07, 6.45) is -5.24. The number of rotatable bonds is 0. The third-order valence-electron chi connectivity index (χ3n) is 3.07. The zero-order valence-corrected chi connectivity index (χ0v) is 9.04. The van der Waals surface area contributed by atoms with Crippen LogP contribution < -0.4 is 5.56 Å². The van der Waals surface area contributed by atoms with Crippen molar-refractivity contribution in [3.63, 3.8) is 0 Å². The second-order valence-electron chi connectivity index (χ2n) is 4.16. The van der Waals surface area contributed by atoms with Gasteiger partial charge in [0.25, 0.3) is 0 Å². The van der Waals surface area contributed by atoms with Crippen molar-refractivity contribution < 1.29 is 18.0 Å². The van der Waals surface area contributed by atoms with Gasteiger partial charge in [-0.1, -0.05) is 0 Å². The minimum Gasteiger partial charge on any atom is -0.315 e. The Morgan fingerprint density at radius 2 is 1.88 bits per heavy atom. The van der Waals surface area contributed by atoms with Crippen LogP contribution in [-0.2, 0) is 13.5 Å². The maximum absolute atomic E-state index is 12.6. The highest BCUT2D eigenvalue weighted by atomic mass is 19.4. The summed E-state index contributed by atoms with van der Waals surface area (Å²) >= 11 is 0. The number of hydrogen-bond acceptors (Lipinski definition) is 2. The zero-order chi connectivity index (χ0) is 12.8. The van der Waals surface area contributed by atoms with E-state index in [4.69, 9.17) is 0 Å². The predicted molar refractivity (Wildman–Crippen MR) is 53.9 cm³/mol. The topological polar surface area (TPSA) is 39.1 Å². The van der Waals surface area contributed by atoms with Crippen molar-refractivity contribution in [3.05, 3.63) is 33.7 Å². The number of hydrogen-bond donors (Lipinski definition) is 0. The Bertz CT molecular complexity index is 530. The summed E-state index contributed by atoms with van der Waals surface area (Å²) < 4.78 is 38.9. The molecule has 0 aliphatic heterocycles. The molecular formula is C11H10F3NO2. The van der Waals surface area contributed by atoms with Gasteiger partial charge in [0, 0.05) is 37.2 Å². The molecule has 0 aromatic carbocycles. The quantitative estimate of drug-likeness (QED) is 0.697. The number of alkyl halides is 3. The largest absolute Gasteiger partial charge is 0.392 e. The van der Waals surface area contributed by atoms with Crippen LogP contribution in [-0.4, -0.2) is 16.5 Å². The predicted octanol–water partition coefficient (Wildman–Crippen LogP) is 1.69. The number of Topliss-reactive ketones (excluding diaryl/α,β-unsaturated/α-hetero) is 1. The van der Waals surface area contributed by atoms with Gasteiger partial charge in [0.2, 0.25) is 5.56 Å². The molecule has 0 N–H and O–H groups in total. The number of carbonyl (C=O) groups is 1.